The van der Waals surface area contributed by atoms with Crippen LogP contribution in [0.15, 0.2) is 59.5 Å². The topological polar surface area (TPSA) is 43.4 Å². The van der Waals surface area contributed by atoms with E-state index in [4.69, 9.17) is 4.65 Å². The maximum absolute atomic E-state index is 11.2. The van der Waals surface area contributed by atoms with Gasteiger partial charge in [0.15, 0.2) is 9.84 Å². The highest BCUT2D eigenvalue weighted by molar-refractivity contribution is 7.91. The quantitative estimate of drug-likeness (QED) is 0.809. The normalized spacial score (nSPS) is 16.5. The molecule has 1 heterocycles. The molecule has 1 aliphatic rings. The summed E-state index contributed by atoms with van der Waals surface area (Å²) in [5.74, 6) is 0.164. The Morgan fingerprint density at radius 1 is 1.00 bits per heavy atom. The maximum atomic E-state index is 11.2. The summed E-state index contributed by atoms with van der Waals surface area (Å²) >= 11 is 0. The van der Waals surface area contributed by atoms with Gasteiger partial charge in [-0.3, -0.25) is 0 Å². The largest absolute Gasteiger partial charge is 0.424 e. The van der Waals surface area contributed by atoms with Crippen LogP contribution in [0.3, 0.4) is 0 Å². The summed E-state index contributed by atoms with van der Waals surface area (Å²) in [5, 5.41) is 0. The van der Waals surface area contributed by atoms with Crippen molar-refractivity contribution in [1.82, 2.24) is 0 Å². The molecule has 1 atom stereocenters. The number of hydrogen-bond donors (Lipinski definition) is 0. The van der Waals surface area contributed by atoms with Gasteiger partial charge in [0.05, 0.1) is 16.8 Å². The summed E-state index contributed by atoms with van der Waals surface area (Å²) in [6.45, 7) is 6.21. The molecule has 0 bridgehead atoms. The van der Waals surface area contributed by atoms with Gasteiger partial charge >= 0.3 is 6.92 Å². The van der Waals surface area contributed by atoms with E-state index in [-0.39, 0.29) is 12.7 Å². The molecule has 0 unspecified atom stereocenters. The van der Waals surface area contributed by atoms with Gasteiger partial charge in [-0.15, -0.1) is 0 Å². The van der Waals surface area contributed by atoms with E-state index in [0.717, 1.165) is 6.42 Å². The Bertz CT molecular complexity index is 729. The van der Waals surface area contributed by atoms with Crippen LogP contribution in [0.4, 0.5) is 0 Å². The minimum absolute atomic E-state index is 0.164. The summed E-state index contributed by atoms with van der Waals surface area (Å²) < 4.78 is 28.2. The average molecular weight is 330 g/mol. The lowest BCUT2D eigenvalue weighted by Gasteiger charge is -2.08. The van der Waals surface area contributed by atoms with E-state index >= 15 is 0 Å². The Labute approximate surface area is 139 Å². The molecule has 2 aromatic carbocycles. The van der Waals surface area contributed by atoms with Crippen LogP contribution < -0.4 is 5.46 Å². The Morgan fingerprint density at radius 2 is 1.61 bits per heavy atom. The summed E-state index contributed by atoms with van der Waals surface area (Å²) in [5.41, 5.74) is 2.75. The number of sulfone groups is 1. The van der Waals surface area contributed by atoms with Crippen LogP contribution in [0.1, 0.15) is 31.9 Å². The van der Waals surface area contributed by atoms with Crippen molar-refractivity contribution in [2.75, 3.05) is 5.75 Å². The lowest BCUT2D eigenvalue weighted by Crippen LogP contribution is -2.23. The first kappa shape index (κ1) is 17.8. The number of fused-ring (bicyclic) bond motifs is 1. The molecular weight excluding hydrogens is 307 g/mol. The first-order valence-corrected chi connectivity index (χ1v) is 9.66. The van der Waals surface area contributed by atoms with Crippen molar-refractivity contribution >= 4 is 22.2 Å². The maximum Gasteiger partial charge on any atom is 0.324 e. The van der Waals surface area contributed by atoms with Gasteiger partial charge in [-0.05, 0) is 29.6 Å². The van der Waals surface area contributed by atoms with E-state index in [1.807, 2.05) is 0 Å². The lowest BCUT2D eigenvalue weighted by molar-refractivity contribution is 0.221. The van der Waals surface area contributed by atoms with E-state index in [2.05, 4.69) is 38.0 Å². The highest BCUT2D eigenvalue weighted by Crippen LogP contribution is 2.26. The fraction of sp³-hybridized carbons (Fsp3) is 0.333. The third kappa shape index (κ3) is 4.24. The monoisotopic (exact) mass is 330 g/mol. The van der Waals surface area contributed by atoms with Gasteiger partial charge in [-0.1, -0.05) is 63.1 Å². The van der Waals surface area contributed by atoms with Crippen molar-refractivity contribution in [2.45, 2.75) is 38.1 Å². The van der Waals surface area contributed by atoms with E-state index in [0.29, 0.717) is 11.0 Å². The van der Waals surface area contributed by atoms with Crippen molar-refractivity contribution in [1.29, 1.82) is 0 Å². The van der Waals surface area contributed by atoms with Crippen LogP contribution >= 0.6 is 0 Å². The fourth-order valence-corrected chi connectivity index (χ4v) is 3.58. The third-order valence-corrected chi connectivity index (χ3v) is 5.75. The van der Waals surface area contributed by atoms with Gasteiger partial charge < -0.3 is 4.65 Å². The van der Waals surface area contributed by atoms with Gasteiger partial charge in [0.2, 0.25) is 0 Å². The van der Waals surface area contributed by atoms with Crippen LogP contribution in [0.5, 0.6) is 0 Å². The SMILES string of the molecule is CCS(=O)(=O)c1ccccc1.CC[C@H]1OB(C)c2ccccc21. The molecule has 0 spiro atoms. The summed E-state index contributed by atoms with van der Waals surface area (Å²) in [4.78, 5) is 0.405. The molecule has 122 valence electrons. The molecule has 0 radical (unpaired) electrons. The smallest absolute Gasteiger partial charge is 0.324 e. The summed E-state index contributed by atoms with van der Waals surface area (Å²) in [7, 11) is -3.00. The van der Waals surface area contributed by atoms with E-state index in [1.54, 1.807) is 37.3 Å². The summed E-state index contributed by atoms with van der Waals surface area (Å²) in [6.07, 6.45) is 1.40. The highest BCUT2D eigenvalue weighted by Gasteiger charge is 2.29. The molecule has 2 aromatic rings. The Balaban J connectivity index is 0.000000168. The Morgan fingerprint density at radius 3 is 2.22 bits per heavy atom. The van der Waals surface area contributed by atoms with Crippen molar-refractivity contribution in [3.05, 3.63) is 60.2 Å². The zero-order chi connectivity index (χ0) is 16.9. The second-order valence-electron chi connectivity index (χ2n) is 5.52. The van der Waals surface area contributed by atoms with Gasteiger partial charge in [0, 0.05) is 0 Å². The van der Waals surface area contributed by atoms with Crippen LogP contribution in [-0.2, 0) is 14.5 Å². The molecular formula is C18H23BO3S. The van der Waals surface area contributed by atoms with Gasteiger partial charge in [0.25, 0.3) is 0 Å². The molecule has 3 nitrogen and oxygen atoms in total. The van der Waals surface area contributed by atoms with Crippen molar-refractivity contribution < 1.29 is 13.1 Å². The first-order chi connectivity index (χ1) is 11.0. The number of benzene rings is 2. The predicted octanol–water partition coefficient (Wildman–Crippen LogP) is 3.48. The Kier molecular flexibility index (Phi) is 6.02. The summed E-state index contributed by atoms with van der Waals surface area (Å²) in [6, 6.07) is 17.0. The van der Waals surface area contributed by atoms with Crippen molar-refractivity contribution in [3.63, 3.8) is 0 Å². The first-order valence-electron chi connectivity index (χ1n) is 8.01. The third-order valence-electron chi connectivity index (χ3n) is 4.00. The fourth-order valence-electron chi connectivity index (χ4n) is 2.68. The predicted molar refractivity (Wildman–Crippen MR) is 96.0 cm³/mol. The second-order valence-corrected chi connectivity index (χ2v) is 7.80. The molecule has 5 heteroatoms. The molecule has 23 heavy (non-hydrogen) atoms. The highest BCUT2D eigenvalue weighted by atomic mass is 32.2. The van der Waals surface area contributed by atoms with Crippen molar-refractivity contribution in [2.24, 2.45) is 0 Å². The van der Waals surface area contributed by atoms with Gasteiger partial charge in [0.1, 0.15) is 0 Å². The molecule has 0 aliphatic carbocycles. The molecule has 1 aliphatic heterocycles. The zero-order valence-corrected chi connectivity index (χ0v) is 14.7. The molecule has 0 fully saturated rings. The number of hydrogen-bond acceptors (Lipinski definition) is 3. The average Bonchev–Trinajstić information content (AvgIpc) is 2.93. The van der Waals surface area contributed by atoms with Crippen LogP contribution in [0.25, 0.3) is 0 Å². The number of rotatable bonds is 3. The minimum atomic E-state index is -3.00. The minimum Gasteiger partial charge on any atom is -0.424 e. The molecule has 0 amide bonds. The molecule has 0 saturated heterocycles. The van der Waals surface area contributed by atoms with E-state index in [1.165, 1.54) is 11.0 Å². The molecule has 0 aromatic heterocycles. The second kappa shape index (κ2) is 7.80. The Hall–Kier alpha value is -1.59. The molecule has 0 saturated carbocycles. The molecule has 3 rings (SSSR count). The lowest BCUT2D eigenvalue weighted by atomic mass is 9.64. The molecule has 0 N–H and O–H groups in total. The van der Waals surface area contributed by atoms with Crippen LogP contribution in [-0.4, -0.2) is 21.1 Å². The van der Waals surface area contributed by atoms with Gasteiger partial charge in [-0.25, -0.2) is 8.42 Å². The van der Waals surface area contributed by atoms with Crippen LogP contribution in [0, 0.1) is 0 Å². The van der Waals surface area contributed by atoms with E-state index in [9.17, 15) is 8.42 Å². The standard InChI is InChI=1S/C10H13BO.C8H10O2S/c1-3-10-8-6-4-5-7-9(8)11(2)12-10;1-2-11(9,10)8-6-4-3-5-7-8/h4-7,10H,3H2,1-2H3;3-7H,2H2,1H3/t10-;/m1./s1. The van der Waals surface area contributed by atoms with E-state index < -0.39 is 9.84 Å². The van der Waals surface area contributed by atoms with Crippen molar-refractivity contribution in [3.8, 4) is 0 Å². The van der Waals surface area contributed by atoms with Crippen LogP contribution in [0.2, 0.25) is 6.82 Å². The van der Waals surface area contributed by atoms with Gasteiger partial charge in [-0.2, -0.15) is 0 Å². The zero-order valence-electron chi connectivity index (χ0n) is 13.9.